The molecule has 0 saturated carbocycles. The molecule has 37 heavy (non-hydrogen) atoms. The lowest BCUT2D eigenvalue weighted by Gasteiger charge is -2.37. The van der Waals surface area contributed by atoms with E-state index in [1.165, 1.54) is 27.5 Å². The number of hydrogen-bond acceptors (Lipinski definition) is 4. The second-order valence-electron chi connectivity index (χ2n) is 9.91. The van der Waals surface area contributed by atoms with E-state index in [0.29, 0.717) is 19.7 Å². The zero-order chi connectivity index (χ0) is 26.5. The lowest BCUT2D eigenvalue weighted by molar-refractivity contribution is -0.135. The smallest absolute Gasteiger partial charge is 0.257 e. The quantitative estimate of drug-likeness (QED) is 0.336. The summed E-state index contributed by atoms with van der Waals surface area (Å²) in [5.74, 6) is -0.206. The van der Waals surface area contributed by atoms with Gasteiger partial charge < -0.3 is 14.5 Å². The van der Waals surface area contributed by atoms with Gasteiger partial charge in [0.05, 0.1) is 11.6 Å². The highest BCUT2D eigenvalue weighted by Crippen LogP contribution is 2.34. The molecular weight excluding hydrogens is 487 g/mol. The largest absolute Gasteiger partial charge is 0.491 e. The first-order valence-corrected chi connectivity index (χ1v) is 13.8. The van der Waals surface area contributed by atoms with Crippen LogP contribution in [-0.2, 0) is 11.2 Å². The van der Waals surface area contributed by atoms with Crippen molar-refractivity contribution in [2.24, 2.45) is 5.92 Å². The number of aryl methyl sites for hydroxylation is 2. The van der Waals surface area contributed by atoms with E-state index in [4.69, 9.17) is 4.74 Å². The summed E-state index contributed by atoms with van der Waals surface area (Å²) in [6.45, 7) is 9.30. The molecule has 0 spiro atoms. The average molecular weight is 523 g/mol. The van der Waals surface area contributed by atoms with Gasteiger partial charge in [0.15, 0.2) is 0 Å². The molecular formula is C30H35FN2O3S. The first-order chi connectivity index (χ1) is 17.8. The van der Waals surface area contributed by atoms with E-state index in [1.807, 2.05) is 44.7 Å². The van der Waals surface area contributed by atoms with Crippen LogP contribution in [0.3, 0.4) is 0 Å². The average Bonchev–Trinajstić information content (AvgIpc) is 3.36. The molecule has 1 aliphatic heterocycles. The van der Waals surface area contributed by atoms with Crippen LogP contribution in [0.5, 0.6) is 5.75 Å². The molecule has 0 saturated heterocycles. The number of amides is 2. The van der Waals surface area contributed by atoms with Crippen LogP contribution in [0.15, 0.2) is 53.9 Å². The Balaban J connectivity index is 1.56. The van der Waals surface area contributed by atoms with Crippen molar-refractivity contribution in [2.45, 2.75) is 46.6 Å². The number of hydrogen-bond donors (Lipinski definition) is 0. The summed E-state index contributed by atoms with van der Waals surface area (Å²) in [5.41, 5.74) is 3.31. The van der Waals surface area contributed by atoms with Gasteiger partial charge in [-0.1, -0.05) is 50.1 Å². The Kier molecular flexibility index (Phi) is 8.64. The molecule has 7 heteroatoms. The van der Waals surface area contributed by atoms with Crippen molar-refractivity contribution in [1.82, 2.24) is 9.80 Å². The summed E-state index contributed by atoms with van der Waals surface area (Å²) in [4.78, 5) is 31.7. The predicted octanol–water partition coefficient (Wildman–Crippen LogP) is 6.20. The topological polar surface area (TPSA) is 49.9 Å². The molecule has 196 valence electrons. The van der Waals surface area contributed by atoms with E-state index in [-0.39, 0.29) is 30.0 Å². The van der Waals surface area contributed by atoms with Crippen LogP contribution in [-0.4, -0.2) is 47.9 Å². The van der Waals surface area contributed by atoms with Gasteiger partial charge in [0.25, 0.3) is 5.91 Å². The maximum Gasteiger partial charge on any atom is 0.257 e. The summed E-state index contributed by atoms with van der Waals surface area (Å²) in [5, 5.41) is 2.06. The molecule has 0 N–H and O–H groups in total. The number of halogens is 1. The second kappa shape index (κ2) is 11.9. The van der Waals surface area contributed by atoms with Gasteiger partial charge in [0.1, 0.15) is 24.7 Å². The predicted molar refractivity (Wildman–Crippen MR) is 146 cm³/mol. The summed E-state index contributed by atoms with van der Waals surface area (Å²) in [7, 11) is 0. The SMILES string of the molecule is CCC(C)CN(CC(=O)N1CCc2sccc2C1COc1ccc(C)cc1C)C(=O)c1ccccc1F. The molecule has 2 heterocycles. The van der Waals surface area contributed by atoms with E-state index in [0.717, 1.165) is 29.7 Å². The van der Waals surface area contributed by atoms with Gasteiger partial charge in [0, 0.05) is 18.0 Å². The molecule has 2 amide bonds. The van der Waals surface area contributed by atoms with Crippen molar-refractivity contribution < 1.29 is 18.7 Å². The summed E-state index contributed by atoms with van der Waals surface area (Å²) < 4.78 is 20.7. The lowest BCUT2D eigenvalue weighted by Crippen LogP contribution is -2.48. The standard InChI is InChI=1S/C30H35FN2O3S/c1-5-20(2)17-32(30(35)23-8-6-7-9-25(23)31)18-29(34)33-14-12-28-24(13-15-37-28)26(33)19-36-27-11-10-21(3)16-22(27)4/h6-11,13,15-16,20,26H,5,12,14,17-19H2,1-4H3. The molecule has 5 nitrogen and oxygen atoms in total. The molecule has 1 aliphatic rings. The number of benzene rings is 2. The fourth-order valence-electron chi connectivity index (χ4n) is 4.79. The zero-order valence-electron chi connectivity index (χ0n) is 22.0. The number of ether oxygens (including phenoxy) is 1. The molecule has 3 aromatic rings. The monoisotopic (exact) mass is 522 g/mol. The Bertz CT molecular complexity index is 1260. The third-order valence-corrected chi connectivity index (χ3v) is 8.09. The highest BCUT2D eigenvalue weighted by Gasteiger charge is 2.34. The van der Waals surface area contributed by atoms with Crippen LogP contribution in [0.25, 0.3) is 0 Å². The number of fused-ring (bicyclic) bond motifs is 1. The molecule has 0 radical (unpaired) electrons. The lowest BCUT2D eigenvalue weighted by atomic mass is 10.00. The maximum atomic E-state index is 14.5. The van der Waals surface area contributed by atoms with Crippen molar-refractivity contribution in [1.29, 1.82) is 0 Å². The van der Waals surface area contributed by atoms with Crippen LogP contribution < -0.4 is 4.74 Å². The number of carbonyl (C=O) groups excluding carboxylic acids is 2. The highest BCUT2D eigenvalue weighted by atomic mass is 32.1. The van der Waals surface area contributed by atoms with E-state index in [1.54, 1.807) is 23.5 Å². The number of rotatable bonds is 9. The van der Waals surface area contributed by atoms with Crippen LogP contribution in [0.1, 0.15) is 58.2 Å². The van der Waals surface area contributed by atoms with Crippen molar-refractivity contribution in [2.75, 3.05) is 26.2 Å². The Morgan fingerprint density at radius 3 is 2.70 bits per heavy atom. The van der Waals surface area contributed by atoms with E-state index in [9.17, 15) is 14.0 Å². The van der Waals surface area contributed by atoms with Gasteiger partial charge in [-0.3, -0.25) is 9.59 Å². The number of carbonyl (C=O) groups is 2. The second-order valence-corrected chi connectivity index (χ2v) is 10.9. The van der Waals surface area contributed by atoms with Gasteiger partial charge in [0.2, 0.25) is 5.91 Å². The molecule has 2 unspecified atom stereocenters. The van der Waals surface area contributed by atoms with E-state index < -0.39 is 11.7 Å². The third kappa shape index (κ3) is 6.21. The fraction of sp³-hybridized carbons (Fsp3) is 0.400. The molecule has 0 bridgehead atoms. The van der Waals surface area contributed by atoms with E-state index in [2.05, 4.69) is 17.5 Å². The van der Waals surface area contributed by atoms with Gasteiger partial charge in [-0.25, -0.2) is 4.39 Å². The fourth-order valence-corrected chi connectivity index (χ4v) is 5.72. The van der Waals surface area contributed by atoms with E-state index >= 15 is 0 Å². The summed E-state index contributed by atoms with van der Waals surface area (Å²) in [6.07, 6.45) is 1.62. The minimum atomic E-state index is -0.574. The van der Waals surface area contributed by atoms with Gasteiger partial charge in [-0.2, -0.15) is 0 Å². The molecule has 2 aromatic carbocycles. The number of nitrogens with zero attached hydrogens (tertiary/aromatic N) is 2. The molecule has 4 rings (SSSR count). The maximum absolute atomic E-state index is 14.5. The highest BCUT2D eigenvalue weighted by molar-refractivity contribution is 7.10. The Labute approximate surface area is 222 Å². The normalized spacial score (nSPS) is 15.7. The third-order valence-electron chi connectivity index (χ3n) is 7.09. The molecule has 0 fully saturated rings. The van der Waals surface area contributed by atoms with Crippen molar-refractivity contribution in [3.05, 3.63) is 86.9 Å². The summed E-state index contributed by atoms with van der Waals surface area (Å²) >= 11 is 1.70. The van der Waals surface area contributed by atoms with Gasteiger partial charge in [-0.15, -0.1) is 11.3 Å². The van der Waals surface area contributed by atoms with Crippen LogP contribution >= 0.6 is 11.3 Å². The van der Waals surface area contributed by atoms with Gasteiger partial charge in [-0.05, 0) is 67.0 Å². The van der Waals surface area contributed by atoms with Crippen LogP contribution in [0.4, 0.5) is 4.39 Å². The van der Waals surface area contributed by atoms with Crippen molar-refractivity contribution >= 4 is 23.2 Å². The molecule has 1 aromatic heterocycles. The molecule has 2 atom stereocenters. The van der Waals surface area contributed by atoms with Gasteiger partial charge >= 0.3 is 0 Å². The van der Waals surface area contributed by atoms with Crippen molar-refractivity contribution in [3.63, 3.8) is 0 Å². The first kappa shape index (κ1) is 26.9. The minimum absolute atomic E-state index is 0.00732. The Morgan fingerprint density at radius 1 is 1.19 bits per heavy atom. The Morgan fingerprint density at radius 2 is 1.97 bits per heavy atom. The van der Waals surface area contributed by atoms with Crippen LogP contribution in [0.2, 0.25) is 0 Å². The minimum Gasteiger partial charge on any atom is -0.491 e. The zero-order valence-corrected chi connectivity index (χ0v) is 22.8. The Hall–Kier alpha value is -3.19. The molecule has 0 aliphatic carbocycles. The number of thiophene rings is 1. The van der Waals surface area contributed by atoms with Crippen LogP contribution in [0, 0.1) is 25.6 Å². The first-order valence-electron chi connectivity index (χ1n) is 12.9. The van der Waals surface area contributed by atoms with Crippen molar-refractivity contribution in [3.8, 4) is 5.75 Å². The summed E-state index contributed by atoms with van der Waals surface area (Å²) in [6, 6.07) is 13.8.